The fourth-order valence-electron chi connectivity index (χ4n) is 1.99. The van der Waals surface area contributed by atoms with E-state index in [0.717, 1.165) is 35.9 Å². The molecule has 1 aromatic rings. The van der Waals surface area contributed by atoms with Gasteiger partial charge in [-0.15, -0.1) is 0 Å². The molecule has 6 heteroatoms. The molecule has 98 valence electrons. The molecule has 0 atom stereocenters. The number of amidine groups is 1. The van der Waals surface area contributed by atoms with Gasteiger partial charge in [-0.05, 0) is 31.2 Å². The summed E-state index contributed by atoms with van der Waals surface area (Å²) in [6, 6.07) is 3.71. The van der Waals surface area contributed by atoms with Crippen LogP contribution in [0.1, 0.15) is 17.7 Å². The quantitative estimate of drug-likeness (QED) is 0.366. The smallest absolute Gasteiger partial charge is 0.170 e. The molecular weight excluding hydrogens is 248 g/mol. The molecule has 2 heterocycles. The van der Waals surface area contributed by atoms with Crippen molar-refractivity contribution in [3.8, 4) is 0 Å². The van der Waals surface area contributed by atoms with Crippen molar-refractivity contribution >= 4 is 23.4 Å². The van der Waals surface area contributed by atoms with E-state index in [0.29, 0.717) is 0 Å². The third-order valence-electron chi connectivity index (χ3n) is 2.89. The number of hydrogen-bond acceptors (Lipinski definition) is 5. The van der Waals surface area contributed by atoms with Crippen LogP contribution in [-0.2, 0) is 0 Å². The number of thioether (sulfide) groups is 1. The van der Waals surface area contributed by atoms with Gasteiger partial charge in [0.15, 0.2) is 5.84 Å². The maximum Gasteiger partial charge on any atom is 0.170 e. The lowest BCUT2D eigenvalue weighted by Crippen LogP contribution is -2.27. The van der Waals surface area contributed by atoms with Crippen LogP contribution in [0.3, 0.4) is 0 Å². The van der Waals surface area contributed by atoms with Crippen LogP contribution in [0.15, 0.2) is 17.3 Å². The Bertz CT molecular complexity index is 442. The number of aryl methyl sites for hydroxylation is 1. The van der Waals surface area contributed by atoms with Crippen LogP contribution in [0.4, 0.5) is 5.82 Å². The summed E-state index contributed by atoms with van der Waals surface area (Å²) in [7, 11) is 0. The van der Waals surface area contributed by atoms with Gasteiger partial charge in [-0.25, -0.2) is 4.98 Å². The van der Waals surface area contributed by atoms with Crippen LogP contribution in [0.25, 0.3) is 0 Å². The van der Waals surface area contributed by atoms with Gasteiger partial charge in [0, 0.05) is 30.1 Å². The first kappa shape index (κ1) is 13.0. The average molecular weight is 266 g/mol. The molecule has 3 N–H and O–H groups in total. The molecular formula is C12H18N4OS. The van der Waals surface area contributed by atoms with Crippen molar-refractivity contribution < 1.29 is 5.21 Å². The van der Waals surface area contributed by atoms with E-state index in [4.69, 9.17) is 10.9 Å². The van der Waals surface area contributed by atoms with Crippen LogP contribution in [-0.4, -0.2) is 40.6 Å². The van der Waals surface area contributed by atoms with E-state index >= 15 is 0 Å². The number of aromatic nitrogens is 1. The van der Waals surface area contributed by atoms with Crippen molar-refractivity contribution in [2.45, 2.75) is 13.3 Å². The Hall–Kier alpha value is -1.43. The van der Waals surface area contributed by atoms with Crippen LogP contribution >= 0.6 is 11.8 Å². The molecule has 0 bridgehead atoms. The normalized spacial score (nSPS) is 17.6. The monoisotopic (exact) mass is 266 g/mol. The van der Waals surface area contributed by atoms with Gasteiger partial charge in [-0.1, -0.05) is 5.16 Å². The third kappa shape index (κ3) is 3.07. The minimum Gasteiger partial charge on any atom is -0.409 e. The standard InChI is InChI=1S/C12H18N4OS/c1-9-7-10(12(13)15-17)8-11(14-9)16-3-2-5-18-6-4-16/h7-8,17H,2-6H2,1H3,(H2,13,15). The summed E-state index contributed by atoms with van der Waals surface area (Å²) in [5.41, 5.74) is 7.24. The molecule has 0 amide bonds. The molecule has 2 rings (SSSR count). The van der Waals surface area contributed by atoms with Gasteiger partial charge in [0.25, 0.3) is 0 Å². The molecule has 0 aliphatic carbocycles. The Morgan fingerprint density at radius 3 is 3.06 bits per heavy atom. The average Bonchev–Trinajstić information content (AvgIpc) is 2.66. The second-order valence-corrected chi connectivity index (χ2v) is 5.52. The van der Waals surface area contributed by atoms with E-state index in [2.05, 4.69) is 15.0 Å². The summed E-state index contributed by atoms with van der Waals surface area (Å²) in [5, 5.41) is 11.8. The van der Waals surface area contributed by atoms with Gasteiger partial charge >= 0.3 is 0 Å². The number of hydrogen-bond donors (Lipinski definition) is 2. The van der Waals surface area contributed by atoms with E-state index in [9.17, 15) is 0 Å². The van der Waals surface area contributed by atoms with Crippen molar-refractivity contribution in [1.29, 1.82) is 0 Å². The van der Waals surface area contributed by atoms with Gasteiger partial charge < -0.3 is 15.8 Å². The zero-order chi connectivity index (χ0) is 13.0. The number of rotatable bonds is 2. The molecule has 1 aliphatic heterocycles. The van der Waals surface area contributed by atoms with E-state index in [1.807, 2.05) is 30.8 Å². The molecule has 1 fully saturated rings. The van der Waals surface area contributed by atoms with Crippen molar-refractivity contribution in [2.24, 2.45) is 10.9 Å². The molecule has 0 radical (unpaired) electrons. The second-order valence-electron chi connectivity index (χ2n) is 4.29. The topological polar surface area (TPSA) is 74.7 Å². The Morgan fingerprint density at radius 2 is 2.28 bits per heavy atom. The fourth-order valence-corrected chi connectivity index (χ4v) is 2.88. The number of pyridine rings is 1. The van der Waals surface area contributed by atoms with Gasteiger partial charge in [0.05, 0.1) is 0 Å². The molecule has 0 spiro atoms. The zero-order valence-electron chi connectivity index (χ0n) is 10.5. The largest absolute Gasteiger partial charge is 0.409 e. The van der Waals surface area contributed by atoms with Gasteiger partial charge in [-0.2, -0.15) is 11.8 Å². The van der Waals surface area contributed by atoms with Crippen molar-refractivity contribution in [3.05, 3.63) is 23.4 Å². The highest BCUT2D eigenvalue weighted by atomic mass is 32.2. The Labute approximate surface area is 111 Å². The van der Waals surface area contributed by atoms with Crippen molar-refractivity contribution in [3.63, 3.8) is 0 Å². The van der Waals surface area contributed by atoms with Gasteiger partial charge in [0.2, 0.25) is 0 Å². The second kappa shape index (κ2) is 5.95. The van der Waals surface area contributed by atoms with Crippen LogP contribution in [0.2, 0.25) is 0 Å². The van der Waals surface area contributed by atoms with Crippen LogP contribution < -0.4 is 10.6 Å². The van der Waals surface area contributed by atoms with Crippen LogP contribution in [0.5, 0.6) is 0 Å². The highest BCUT2D eigenvalue weighted by Crippen LogP contribution is 2.19. The number of nitrogens with zero attached hydrogens (tertiary/aromatic N) is 3. The summed E-state index contributed by atoms with van der Waals surface area (Å²) in [6.07, 6.45) is 1.17. The lowest BCUT2D eigenvalue weighted by molar-refractivity contribution is 0.318. The third-order valence-corrected chi connectivity index (χ3v) is 3.94. The molecule has 1 aliphatic rings. The summed E-state index contributed by atoms with van der Waals surface area (Å²) in [6.45, 7) is 3.93. The molecule has 5 nitrogen and oxygen atoms in total. The zero-order valence-corrected chi connectivity index (χ0v) is 11.3. The Morgan fingerprint density at radius 1 is 1.44 bits per heavy atom. The van der Waals surface area contributed by atoms with Crippen LogP contribution in [0, 0.1) is 6.92 Å². The number of oxime groups is 1. The van der Waals surface area contributed by atoms with Gasteiger partial charge in [-0.3, -0.25) is 0 Å². The molecule has 0 aromatic carbocycles. The highest BCUT2D eigenvalue weighted by molar-refractivity contribution is 7.99. The predicted octanol–water partition coefficient (Wildman–Crippen LogP) is 1.43. The molecule has 0 unspecified atom stereocenters. The summed E-state index contributed by atoms with van der Waals surface area (Å²) in [4.78, 5) is 6.81. The number of nitrogens with two attached hydrogens (primary N) is 1. The highest BCUT2D eigenvalue weighted by Gasteiger charge is 2.13. The first-order chi connectivity index (χ1) is 8.70. The van der Waals surface area contributed by atoms with Crippen molar-refractivity contribution in [1.82, 2.24) is 4.98 Å². The van der Waals surface area contributed by atoms with Crippen molar-refractivity contribution in [2.75, 3.05) is 29.5 Å². The lowest BCUT2D eigenvalue weighted by Gasteiger charge is -2.22. The molecule has 0 saturated carbocycles. The summed E-state index contributed by atoms with van der Waals surface area (Å²) < 4.78 is 0. The first-order valence-electron chi connectivity index (χ1n) is 6.00. The minimum absolute atomic E-state index is 0.131. The lowest BCUT2D eigenvalue weighted by atomic mass is 10.2. The molecule has 18 heavy (non-hydrogen) atoms. The predicted molar refractivity (Wildman–Crippen MR) is 75.6 cm³/mol. The van der Waals surface area contributed by atoms with E-state index in [1.54, 1.807) is 0 Å². The van der Waals surface area contributed by atoms with E-state index in [-0.39, 0.29) is 5.84 Å². The molecule has 1 saturated heterocycles. The molecule has 1 aromatic heterocycles. The van der Waals surface area contributed by atoms with E-state index < -0.39 is 0 Å². The SMILES string of the molecule is Cc1cc(/C(N)=N/O)cc(N2CCCSCC2)n1. The van der Waals surface area contributed by atoms with E-state index in [1.165, 1.54) is 12.2 Å². The maximum absolute atomic E-state index is 8.75. The number of anilines is 1. The maximum atomic E-state index is 8.75. The summed E-state index contributed by atoms with van der Waals surface area (Å²) in [5.74, 6) is 3.37. The Balaban J connectivity index is 2.29. The fraction of sp³-hybridized carbons (Fsp3) is 0.500. The summed E-state index contributed by atoms with van der Waals surface area (Å²) >= 11 is 1.98. The Kier molecular flexibility index (Phi) is 4.30. The van der Waals surface area contributed by atoms with Gasteiger partial charge in [0.1, 0.15) is 5.82 Å². The first-order valence-corrected chi connectivity index (χ1v) is 7.15. The minimum atomic E-state index is 0.131.